The number of benzene rings is 1. The van der Waals surface area contributed by atoms with Gasteiger partial charge in [0.1, 0.15) is 13.3 Å². The van der Waals surface area contributed by atoms with Gasteiger partial charge in [0.25, 0.3) is 0 Å². The predicted molar refractivity (Wildman–Crippen MR) is 51.5 cm³/mol. The molecule has 2 N–H and O–H groups in total. The Morgan fingerprint density at radius 2 is 2.14 bits per heavy atom. The van der Waals surface area contributed by atoms with Crippen LogP contribution in [0.4, 0.5) is 10.1 Å². The lowest BCUT2D eigenvalue weighted by Gasteiger charge is -2.04. The predicted octanol–water partition coefficient (Wildman–Crippen LogP) is 1.32. The Morgan fingerprint density at radius 1 is 1.43 bits per heavy atom. The summed E-state index contributed by atoms with van der Waals surface area (Å²) in [5.74, 6) is -0.458. The molecular formula is C10H12FNO2. The highest BCUT2D eigenvalue weighted by atomic mass is 19.1. The minimum absolute atomic E-state index is 0.0900. The molecule has 4 heteroatoms. The maximum atomic E-state index is 11.7. The molecule has 76 valence electrons. The molecule has 0 aliphatic carbocycles. The van der Waals surface area contributed by atoms with E-state index in [1.165, 1.54) is 0 Å². The summed E-state index contributed by atoms with van der Waals surface area (Å²) >= 11 is 0. The molecule has 0 fully saturated rings. The number of esters is 1. The molecule has 0 bridgehead atoms. The summed E-state index contributed by atoms with van der Waals surface area (Å²) in [6, 6.07) is 7.02. The quantitative estimate of drug-likeness (QED) is 0.585. The molecule has 0 aliphatic rings. The van der Waals surface area contributed by atoms with Crippen molar-refractivity contribution in [2.75, 3.05) is 19.0 Å². The lowest BCUT2D eigenvalue weighted by Crippen LogP contribution is -2.11. The minimum atomic E-state index is -0.657. The molecule has 0 aliphatic heterocycles. The van der Waals surface area contributed by atoms with Gasteiger partial charge in [0.05, 0.1) is 6.42 Å². The Hall–Kier alpha value is -1.58. The molecule has 1 aromatic rings. The molecule has 0 heterocycles. The van der Waals surface area contributed by atoms with E-state index >= 15 is 0 Å². The van der Waals surface area contributed by atoms with Crippen LogP contribution in [0.3, 0.4) is 0 Å². The summed E-state index contributed by atoms with van der Waals surface area (Å²) in [5, 5.41) is 0. The Kier molecular flexibility index (Phi) is 3.91. The van der Waals surface area contributed by atoms with E-state index < -0.39 is 12.6 Å². The Bertz CT molecular complexity index is 315. The third kappa shape index (κ3) is 3.05. The summed E-state index contributed by atoms with van der Waals surface area (Å²) in [4.78, 5) is 11.1. The van der Waals surface area contributed by atoms with E-state index in [-0.39, 0.29) is 13.0 Å². The van der Waals surface area contributed by atoms with E-state index in [2.05, 4.69) is 4.74 Å². The summed E-state index contributed by atoms with van der Waals surface area (Å²) in [6.07, 6.45) is 0.0900. The highest BCUT2D eigenvalue weighted by Crippen LogP contribution is 2.11. The third-order valence-electron chi connectivity index (χ3n) is 1.73. The van der Waals surface area contributed by atoms with Crippen LogP contribution in [-0.4, -0.2) is 19.3 Å². The first-order chi connectivity index (χ1) is 6.74. The fourth-order valence-corrected chi connectivity index (χ4v) is 1.05. The largest absolute Gasteiger partial charge is 0.463 e. The first-order valence-electron chi connectivity index (χ1n) is 4.29. The van der Waals surface area contributed by atoms with Crippen LogP contribution in [0, 0.1) is 0 Å². The first-order valence-corrected chi connectivity index (χ1v) is 4.29. The van der Waals surface area contributed by atoms with Crippen LogP contribution in [0.15, 0.2) is 24.3 Å². The topological polar surface area (TPSA) is 52.3 Å². The molecule has 0 saturated carbocycles. The lowest BCUT2D eigenvalue weighted by atomic mass is 10.1. The van der Waals surface area contributed by atoms with Gasteiger partial charge in [0.15, 0.2) is 0 Å². The Labute approximate surface area is 81.7 Å². The van der Waals surface area contributed by atoms with Gasteiger partial charge in [-0.15, -0.1) is 0 Å². The van der Waals surface area contributed by atoms with Crippen molar-refractivity contribution in [2.24, 2.45) is 0 Å². The summed E-state index contributed by atoms with van der Waals surface area (Å²) < 4.78 is 16.3. The SMILES string of the molecule is Nc1ccccc1CC(=O)OCCF. The van der Waals surface area contributed by atoms with E-state index in [4.69, 9.17) is 5.73 Å². The maximum absolute atomic E-state index is 11.7. The van der Waals surface area contributed by atoms with Gasteiger partial charge in [-0.05, 0) is 11.6 Å². The monoisotopic (exact) mass is 197 g/mol. The van der Waals surface area contributed by atoms with E-state index in [0.29, 0.717) is 11.3 Å². The molecule has 1 aromatic carbocycles. The molecule has 14 heavy (non-hydrogen) atoms. The molecule has 0 atom stereocenters. The van der Waals surface area contributed by atoms with Crippen molar-refractivity contribution in [2.45, 2.75) is 6.42 Å². The van der Waals surface area contributed by atoms with E-state index in [9.17, 15) is 9.18 Å². The summed E-state index contributed by atoms with van der Waals surface area (Å²) in [7, 11) is 0. The van der Waals surface area contributed by atoms with Crippen molar-refractivity contribution in [3.8, 4) is 0 Å². The number of nitrogen functional groups attached to an aromatic ring is 1. The van der Waals surface area contributed by atoms with Crippen molar-refractivity contribution < 1.29 is 13.9 Å². The first kappa shape index (κ1) is 10.5. The highest BCUT2D eigenvalue weighted by Gasteiger charge is 2.06. The zero-order valence-electron chi connectivity index (χ0n) is 7.70. The van der Waals surface area contributed by atoms with Gasteiger partial charge in [0, 0.05) is 5.69 Å². The van der Waals surface area contributed by atoms with E-state index in [0.717, 1.165) is 0 Å². The molecule has 1 rings (SSSR count). The average Bonchev–Trinajstić information content (AvgIpc) is 2.18. The zero-order valence-corrected chi connectivity index (χ0v) is 7.70. The van der Waals surface area contributed by atoms with Crippen LogP contribution in [0.2, 0.25) is 0 Å². The lowest BCUT2D eigenvalue weighted by molar-refractivity contribution is -0.143. The molecule has 0 saturated heterocycles. The number of nitrogens with two attached hydrogens (primary N) is 1. The van der Waals surface area contributed by atoms with Crippen molar-refractivity contribution in [3.63, 3.8) is 0 Å². The fraction of sp³-hybridized carbons (Fsp3) is 0.300. The van der Waals surface area contributed by atoms with Crippen LogP contribution in [0.1, 0.15) is 5.56 Å². The van der Waals surface area contributed by atoms with Crippen LogP contribution in [0.5, 0.6) is 0 Å². The van der Waals surface area contributed by atoms with Crippen molar-refractivity contribution in [3.05, 3.63) is 29.8 Å². The minimum Gasteiger partial charge on any atom is -0.463 e. The number of halogens is 1. The second-order valence-corrected chi connectivity index (χ2v) is 2.79. The molecular weight excluding hydrogens is 185 g/mol. The normalized spacial score (nSPS) is 9.79. The van der Waals surface area contributed by atoms with E-state index in [1.54, 1.807) is 24.3 Å². The third-order valence-corrected chi connectivity index (χ3v) is 1.73. The number of carbonyl (C=O) groups excluding carboxylic acids is 1. The van der Waals surface area contributed by atoms with Crippen LogP contribution < -0.4 is 5.73 Å². The second kappa shape index (κ2) is 5.21. The number of hydrogen-bond acceptors (Lipinski definition) is 3. The Morgan fingerprint density at radius 3 is 2.79 bits per heavy atom. The molecule has 0 radical (unpaired) electrons. The summed E-state index contributed by atoms with van der Waals surface area (Å²) in [5.41, 5.74) is 6.87. The molecule has 0 spiro atoms. The number of rotatable bonds is 4. The maximum Gasteiger partial charge on any atom is 0.310 e. The van der Waals surface area contributed by atoms with Gasteiger partial charge in [-0.3, -0.25) is 4.79 Å². The van der Waals surface area contributed by atoms with Crippen molar-refractivity contribution >= 4 is 11.7 Å². The smallest absolute Gasteiger partial charge is 0.310 e. The molecule has 0 unspecified atom stereocenters. The van der Waals surface area contributed by atoms with Crippen molar-refractivity contribution in [1.29, 1.82) is 0 Å². The zero-order chi connectivity index (χ0) is 10.4. The number of para-hydroxylation sites is 1. The van der Waals surface area contributed by atoms with Gasteiger partial charge >= 0.3 is 5.97 Å². The standard InChI is InChI=1S/C10H12FNO2/c11-5-6-14-10(13)7-8-3-1-2-4-9(8)12/h1-4H,5-7,12H2. The number of ether oxygens (including phenoxy) is 1. The molecule has 0 aromatic heterocycles. The number of alkyl halides is 1. The van der Waals surface area contributed by atoms with Gasteiger partial charge in [-0.25, -0.2) is 4.39 Å². The number of hydrogen-bond donors (Lipinski definition) is 1. The van der Waals surface area contributed by atoms with Gasteiger partial charge in [-0.2, -0.15) is 0 Å². The van der Waals surface area contributed by atoms with Crippen LogP contribution in [-0.2, 0) is 16.0 Å². The number of carbonyl (C=O) groups is 1. The summed E-state index contributed by atoms with van der Waals surface area (Å²) in [6.45, 7) is -0.846. The molecule has 0 amide bonds. The van der Waals surface area contributed by atoms with Crippen LogP contribution in [0.25, 0.3) is 0 Å². The van der Waals surface area contributed by atoms with Gasteiger partial charge < -0.3 is 10.5 Å². The van der Waals surface area contributed by atoms with Gasteiger partial charge in [-0.1, -0.05) is 18.2 Å². The van der Waals surface area contributed by atoms with Gasteiger partial charge in [0.2, 0.25) is 0 Å². The fourth-order valence-electron chi connectivity index (χ4n) is 1.05. The molecule has 3 nitrogen and oxygen atoms in total. The Balaban J connectivity index is 2.52. The number of anilines is 1. The highest BCUT2D eigenvalue weighted by molar-refractivity contribution is 5.74. The van der Waals surface area contributed by atoms with Crippen molar-refractivity contribution in [1.82, 2.24) is 0 Å². The average molecular weight is 197 g/mol. The van der Waals surface area contributed by atoms with Crippen LogP contribution >= 0.6 is 0 Å². The van der Waals surface area contributed by atoms with E-state index in [1.807, 2.05) is 0 Å². The second-order valence-electron chi connectivity index (χ2n) is 2.79.